The van der Waals surface area contributed by atoms with Crippen LogP contribution < -0.4 is 20.9 Å². The molecule has 3 N–H and O–H groups in total. The van der Waals surface area contributed by atoms with Crippen LogP contribution in [0.25, 0.3) is 0 Å². The molecular weight excluding hydrogens is 390 g/mol. The maximum Gasteiger partial charge on any atom is 0.227 e. The number of fused-ring (bicyclic) bond motifs is 2. The van der Waals surface area contributed by atoms with Crippen LogP contribution in [0.1, 0.15) is 36.3 Å². The summed E-state index contributed by atoms with van der Waals surface area (Å²) in [6.45, 7) is 2.04. The average Bonchev–Trinajstić information content (AvgIpc) is 3.22. The van der Waals surface area contributed by atoms with Crippen LogP contribution in [-0.2, 0) is 16.0 Å². The topological polar surface area (TPSA) is 85.8 Å². The molecule has 7 nitrogen and oxygen atoms in total. The Labute approximate surface area is 182 Å². The maximum atomic E-state index is 12.6. The number of carbonyl (C=O) groups excluding carboxylic acids is 2. The van der Waals surface area contributed by atoms with Gasteiger partial charge in [-0.3, -0.25) is 14.6 Å². The van der Waals surface area contributed by atoms with Crippen molar-refractivity contribution in [1.82, 2.24) is 10.6 Å². The Morgan fingerprint density at radius 2 is 1.97 bits per heavy atom. The molecule has 0 bridgehead atoms. The summed E-state index contributed by atoms with van der Waals surface area (Å²) < 4.78 is 0. The normalized spacial score (nSPS) is 17.6. The van der Waals surface area contributed by atoms with Gasteiger partial charge in [0.05, 0.1) is 0 Å². The number of carbonyl (C=O) groups is 2. The van der Waals surface area contributed by atoms with Crippen LogP contribution in [0.5, 0.6) is 0 Å². The molecule has 2 heterocycles. The molecule has 0 saturated heterocycles. The highest BCUT2D eigenvalue weighted by Crippen LogP contribution is 2.31. The van der Waals surface area contributed by atoms with Crippen LogP contribution in [0.3, 0.4) is 0 Å². The van der Waals surface area contributed by atoms with Gasteiger partial charge in [0.2, 0.25) is 11.8 Å². The summed E-state index contributed by atoms with van der Waals surface area (Å²) in [4.78, 5) is 30.8. The zero-order chi connectivity index (χ0) is 21.6. The first-order chi connectivity index (χ1) is 15.2. The fourth-order valence-electron chi connectivity index (χ4n) is 4.30. The summed E-state index contributed by atoms with van der Waals surface area (Å²) in [6, 6.07) is 16.0. The Morgan fingerprint density at radius 1 is 1.16 bits per heavy atom. The molecule has 2 amide bonds. The summed E-state index contributed by atoms with van der Waals surface area (Å²) >= 11 is 0. The molecule has 31 heavy (non-hydrogen) atoms. The predicted molar refractivity (Wildman–Crippen MR) is 124 cm³/mol. The van der Waals surface area contributed by atoms with Crippen molar-refractivity contribution in [2.75, 3.05) is 36.9 Å². The first-order valence-electron chi connectivity index (χ1n) is 10.9. The number of nitrogens with zero attached hydrogens (tertiary/aromatic N) is 2. The van der Waals surface area contributed by atoms with Crippen molar-refractivity contribution >= 4 is 29.1 Å². The van der Waals surface area contributed by atoms with Gasteiger partial charge in [0.25, 0.3) is 0 Å². The van der Waals surface area contributed by atoms with Crippen LogP contribution in [0.15, 0.2) is 53.5 Å². The number of benzene rings is 2. The molecule has 1 unspecified atom stereocenters. The Morgan fingerprint density at radius 3 is 2.84 bits per heavy atom. The lowest BCUT2D eigenvalue weighted by Gasteiger charge is -2.26. The van der Waals surface area contributed by atoms with E-state index < -0.39 is 0 Å². The van der Waals surface area contributed by atoms with Crippen molar-refractivity contribution in [3.05, 3.63) is 59.7 Å². The summed E-state index contributed by atoms with van der Waals surface area (Å²) in [7, 11) is 1.73. The molecule has 2 aromatic rings. The molecule has 2 aliphatic rings. The molecule has 0 radical (unpaired) electrons. The molecule has 162 valence electrons. The number of anilines is 2. The minimum absolute atomic E-state index is 0.0374. The summed E-state index contributed by atoms with van der Waals surface area (Å²) in [6.07, 6.45) is 2.60. The van der Waals surface area contributed by atoms with Gasteiger partial charge in [-0.05, 0) is 36.1 Å². The van der Waals surface area contributed by atoms with E-state index in [0.717, 1.165) is 36.3 Å². The van der Waals surface area contributed by atoms with Gasteiger partial charge in [-0.25, -0.2) is 0 Å². The van der Waals surface area contributed by atoms with E-state index in [1.54, 1.807) is 7.05 Å². The number of nitrogens with one attached hydrogen (secondary N) is 3. The van der Waals surface area contributed by atoms with E-state index in [1.807, 2.05) is 41.3 Å². The van der Waals surface area contributed by atoms with Gasteiger partial charge in [-0.1, -0.05) is 36.4 Å². The molecule has 1 atom stereocenters. The number of rotatable bonds is 6. The fourth-order valence-corrected chi connectivity index (χ4v) is 4.30. The van der Waals surface area contributed by atoms with Crippen LogP contribution in [0.2, 0.25) is 0 Å². The standard InChI is InChI=1S/C24H29N5O2/c1-25-24(27-16-18-15-22(30)28-20-9-4-3-8-19(18)20)26-13-6-11-23(31)29-14-12-17-7-2-5-10-21(17)29/h2-5,7-10,18H,6,11-16H2,1H3,(H,28,30)(H2,25,26,27). The highest BCUT2D eigenvalue weighted by Gasteiger charge is 2.25. The third-order valence-corrected chi connectivity index (χ3v) is 5.89. The molecule has 0 spiro atoms. The maximum absolute atomic E-state index is 12.6. The second-order valence-corrected chi connectivity index (χ2v) is 7.94. The van der Waals surface area contributed by atoms with Gasteiger partial charge in [-0.2, -0.15) is 0 Å². The smallest absolute Gasteiger partial charge is 0.227 e. The average molecular weight is 420 g/mol. The lowest BCUT2D eigenvalue weighted by molar-refractivity contribution is -0.118. The lowest BCUT2D eigenvalue weighted by Crippen LogP contribution is -2.41. The van der Waals surface area contributed by atoms with Gasteiger partial charge in [-0.15, -0.1) is 0 Å². The number of para-hydroxylation sites is 2. The minimum atomic E-state index is 0.0374. The van der Waals surface area contributed by atoms with E-state index in [-0.39, 0.29) is 17.7 Å². The molecule has 7 heteroatoms. The van der Waals surface area contributed by atoms with Gasteiger partial charge in [0.15, 0.2) is 5.96 Å². The Balaban J connectivity index is 1.22. The van der Waals surface area contributed by atoms with E-state index in [0.29, 0.717) is 31.9 Å². The van der Waals surface area contributed by atoms with Crippen LogP contribution >= 0.6 is 0 Å². The van der Waals surface area contributed by atoms with E-state index in [4.69, 9.17) is 0 Å². The number of amides is 2. The van der Waals surface area contributed by atoms with Crippen molar-refractivity contribution in [2.24, 2.45) is 4.99 Å². The Hall–Kier alpha value is -3.35. The third-order valence-electron chi connectivity index (χ3n) is 5.89. The van der Waals surface area contributed by atoms with E-state index in [1.165, 1.54) is 5.56 Å². The zero-order valence-corrected chi connectivity index (χ0v) is 17.9. The molecule has 0 aromatic heterocycles. The lowest BCUT2D eigenvalue weighted by atomic mass is 9.90. The van der Waals surface area contributed by atoms with Crippen molar-refractivity contribution < 1.29 is 9.59 Å². The quantitative estimate of drug-likeness (QED) is 0.382. The first kappa shape index (κ1) is 20.9. The highest BCUT2D eigenvalue weighted by molar-refractivity contribution is 5.96. The number of hydrogen-bond donors (Lipinski definition) is 3. The second kappa shape index (κ2) is 9.64. The second-order valence-electron chi connectivity index (χ2n) is 7.94. The molecule has 0 fully saturated rings. The summed E-state index contributed by atoms with van der Waals surface area (Å²) in [5.41, 5.74) is 4.32. The van der Waals surface area contributed by atoms with Crippen LogP contribution in [-0.4, -0.2) is 44.5 Å². The number of guanidine groups is 1. The Bertz CT molecular complexity index is 987. The third kappa shape index (κ3) is 4.87. The molecule has 2 aliphatic heterocycles. The van der Waals surface area contributed by atoms with Crippen molar-refractivity contribution in [1.29, 1.82) is 0 Å². The summed E-state index contributed by atoms with van der Waals surface area (Å²) in [5.74, 6) is 0.984. The fraction of sp³-hybridized carbons (Fsp3) is 0.375. The van der Waals surface area contributed by atoms with Crippen molar-refractivity contribution in [3.8, 4) is 0 Å². The number of hydrogen-bond acceptors (Lipinski definition) is 3. The van der Waals surface area contributed by atoms with Crippen molar-refractivity contribution in [2.45, 2.75) is 31.6 Å². The van der Waals surface area contributed by atoms with Crippen LogP contribution in [0.4, 0.5) is 11.4 Å². The molecule has 2 aromatic carbocycles. The van der Waals surface area contributed by atoms with Gasteiger partial charge < -0.3 is 20.9 Å². The molecular formula is C24H29N5O2. The Kier molecular flexibility index (Phi) is 6.50. The van der Waals surface area contributed by atoms with Gasteiger partial charge in [0, 0.05) is 56.8 Å². The molecule has 0 aliphatic carbocycles. The SMILES string of the molecule is CN=C(NCCCC(=O)N1CCc2ccccc21)NCC1CC(=O)Nc2ccccc21. The summed E-state index contributed by atoms with van der Waals surface area (Å²) in [5, 5.41) is 9.52. The minimum Gasteiger partial charge on any atom is -0.356 e. The monoisotopic (exact) mass is 419 g/mol. The van der Waals surface area contributed by atoms with Crippen LogP contribution in [0, 0.1) is 0 Å². The zero-order valence-electron chi connectivity index (χ0n) is 17.9. The first-order valence-corrected chi connectivity index (χ1v) is 10.9. The molecule has 4 rings (SSSR count). The van der Waals surface area contributed by atoms with E-state index in [2.05, 4.69) is 33.1 Å². The van der Waals surface area contributed by atoms with E-state index >= 15 is 0 Å². The molecule has 0 saturated carbocycles. The largest absolute Gasteiger partial charge is 0.356 e. The van der Waals surface area contributed by atoms with E-state index in [9.17, 15) is 9.59 Å². The van der Waals surface area contributed by atoms with Crippen molar-refractivity contribution in [3.63, 3.8) is 0 Å². The van der Waals surface area contributed by atoms with Gasteiger partial charge in [0.1, 0.15) is 0 Å². The number of aliphatic imine (C=N–C) groups is 1. The highest BCUT2D eigenvalue weighted by atomic mass is 16.2. The van der Waals surface area contributed by atoms with Gasteiger partial charge >= 0.3 is 0 Å². The predicted octanol–water partition coefficient (Wildman–Crippen LogP) is 2.65.